The van der Waals surface area contributed by atoms with E-state index in [0.29, 0.717) is 5.82 Å². The second kappa shape index (κ2) is 4.96. The van der Waals surface area contributed by atoms with Crippen LogP contribution in [0.2, 0.25) is 0 Å². The summed E-state index contributed by atoms with van der Waals surface area (Å²) in [6.45, 7) is 1.76. The number of hydrogen-bond donors (Lipinski definition) is 1. The topological polar surface area (TPSA) is 55.6 Å². The second-order valence-corrected chi connectivity index (χ2v) is 3.97. The van der Waals surface area contributed by atoms with Crippen LogP contribution in [0.15, 0.2) is 24.3 Å². The zero-order chi connectivity index (χ0) is 14.0. The molecular weight excluding hydrogens is 259 g/mol. The molecule has 0 amide bonds. The summed E-state index contributed by atoms with van der Waals surface area (Å²) in [5.74, 6) is 0.319. The minimum absolute atomic E-state index is 0.0860. The highest BCUT2D eigenvalue weighted by molar-refractivity contribution is 5.42. The number of rotatable bonds is 3. The third-order valence-corrected chi connectivity index (χ3v) is 2.75. The Balaban J connectivity index is 2.57. The SMILES string of the molecule is CNC(C)c1nnnn1-c1ccccc1C(F)(F)F. The molecule has 0 aliphatic carbocycles. The van der Waals surface area contributed by atoms with E-state index < -0.39 is 11.7 Å². The Morgan fingerprint density at radius 1 is 1.26 bits per heavy atom. The van der Waals surface area contributed by atoms with E-state index in [1.807, 2.05) is 0 Å². The molecule has 102 valence electrons. The summed E-state index contributed by atoms with van der Waals surface area (Å²) in [6, 6.07) is 4.92. The van der Waals surface area contributed by atoms with Crippen LogP contribution in [-0.2, 0) is 6.18 Å². The number of para-hydroxylation sites is 1. The van der Waals surface area contributed by atoms with Crippen LogP contribution >= 0.6 is 0 Å². The van der Waals surface area contributed by atoms with Gasteiger partial charge in [-0.3, -0.25) is 0 Å². The Kier molecular flexibility index (Phi) is 3.52. The van der Waals surface area contributed by atoms with Crippen LogP contribution in [0.5, 0.6) is 0 Å². The summed E-state index contributed by atoms with van der Waals surface area (Å²) in [5, 5.41) is 13.7. The molecule has 19 heavy (non-hydrogen) atoms. The molecule has 0 saturated carbocycles. The molecule has 1 aromatic heterocycles. The molecule has 1 N–H and O–H groups in total. The maximum atomic E-state index is 13.0. The van der Waals surface area contributed by atoms with E-state index in [-0.39, 0.29) is 11.7 Å². The van der Waals surface area contributed by atoms with E-state index in [4.69, 9.17) is 0 Å². The first kappa shape index (κ1) is 13.5. The Morgan fingerprint density at radius 2 is 1.95 bits per heavy atom. The first-order chi connectivity index (χ1) is 8.95. The van der Waals surface area contributed by atoms with Gasteiger partial charge in [-0.1, -0.05) is 12.1 Å². The van der Waals surface area contributed by atoms with Crippen molar-refractivity contribution in [1.82, 2.24) is 25.5 Å². The third-order valence-electron chi connectivity index (χ3n) is 2.75. The van der Waals surface area contributed by atoms with Crippen LogP contribution in [0.4, 0.5) is 13.2 Å². The normalized spacial score (nSPS) is 13.5. The predicted octanol–water partition coefficient (Wildman–Crippen LogP) is 1.96. The van der Waals surface area contributed by atoms with E-state index in [9.17, 15) is 13.2 Å². The van der Waals surface area contributed by atoms with Crippen molar-refractivity contribution in [3.8, 4) is 5.69 Å². The molecule has 0 aliphatic heterocycles. The second-order valence-electron chi connectivity index (χ2n) is 3.97. The van der Waals surface area contributed by atoms with Gasteiger partial charge in [-0.05, 0) is 36.5 Å². The lowest BCUT2D eigenvalue weighted by molar-refractivity contribution is -0.137. The van der Waals surface area contributed by atoms with Gasteiger partial charge in [0.25, 0.3) is 0 Å². The highest BCUT2D eigenvalue weighted by Gasteiger charge is 2.34. The van der Waals surface area contributed by atoms with E-state index in [0.717, 1.165) is 10.7 Å². The van der Waals surface area contributed by atoms with Crippen molar-refractivity contribution >= 4 is 0 Å². The summed E-state index contributed by atoms with van der Waals surface area (Å²) in [7, 11) is 1.68. The van der Waals surface area contributed by atoms with Gasteiger partial charge in [-0.25, -0.2) is 0 Å². The van der Waals surface area contributed by atoms with E-state index in [1.165, 1.54) is 18.2 Å². The van der Waals surface area contributed by atoms with Gasteiger partial charge >= 0.3 is 6.18 Å². The number of tetrazole rings is 1. The van der Waals surface area contributed by atoms with Gasteiger partial charge < -0.3 is 5.32 Å². The molecule has 0 fully saturated rings. The standard InChI is InChI=1S/C11H12F3N5/c1-7(15-2)10-16-17-18-19(10)9-6-4-3-5-8(9)11(12,13)14/h3-7,15H,1-2H3. The van der Waals surface area contributed by atoms with E-state index >= 15 is 0 Å². The summed E-state index contributed by atoms with van der Waals surface area (Å²) >= 11 is 0. The van der Waals surface area contributed by atoms with Gasteiger partial charge in [0.05, 0.1) is 17.3 Å². The van der Waals surface area contributed by atoms with Crippen molar-refractivity contribution in [1.29, 1.82) is 0 Å². The molecule has 0 radical (unpaired) electrons. The molecule has 1 atom stereocenters. The van der Waals surface area contributed by atoms with Crippen LogP contribution in [-0.4, -0.2) is 27.3 Å². The lowest BCUT2D eigenvalue weighted by Gasteiger charge is -2.15. The molecule has 0 bridgehead atoms. The van der Waals surface area contributed by atoms with Crippen molar-refractivity contribution in [2.45, 2.75) is 19.1 Å². The highest BCUT2D eigenvalue weighted by atomic mass is 19.4. The smallest absolute Gasteiger partial charge is 0.311 e. The highest BCUT2D eigenvalue weighted by Crippen LogP contribution is 2.33. The number of aromatic nitrogens is 4. The average molecular weight is 271 g/mol. The van der Waals surface area contributed by atoms with Crippen LogP contribution in [0.3, 0.4) is 0 Å². The van der Waals surface area contributed by atoms with Crippen molar-refractivity contribution in [3.05, 3.63) is 35.7 Å². The number of alkyl halides is 3. The molecule has 0 aliphatic rings. The Hall–Kier alpha value is -1.96. The maximum absolute atomic E-state index is 13.0. The molecule has 1 heterocycles. The van der Waals surface area contributed by atoms with E-state index in [1.54, 1.807) is 14.0 Å². The van der Waals surface area contributed by atoms with Crippen molar-refractivity contribution in [2.24, 2.45) is 0 Å². The molecule has 8 heteroatoms. The summed E-state index contributed by atoms with van der Waals surface area (Å²) in [6.07, 6.45) is -4.46. The number of nitrogens with one attached hydrogen (secondary N) is 1. The zero-order valence-corrected chi connectivity index (χ0v) is 10.3. The molecule has 1 aromatic carbocycles. The first-order valence-electron chi connectivity index (χ1n) is 5.57. The summed E-state index contributed by atoms with van der Waals surface area (Å²) < 4.78 is 40.0. The lowest BCUT2D eigenvalue weighted by Crippen LogP contribution is -2.19. The Morgan fingerprint density at radius 3 is 2.58 bits per heavy atom. The summed E-state index contributed by atoms with van der Waals surface area (Å²) in [4.78, 5) is 0. The minimum Gasteiger partial charge on any atom is -0.311 e. The number of hydrogen-bond acceptors (Lipinski definition) is 4. The predicted molar refractivity (Wildman–Crippen MR) is 61.6 cm³/mol. The van der Waals surface area contributed by atoms with Crippen molar-refractivity contribution < 1.29 is 13.2 Å². The molecule has 2 aromatic rings. The van der Waals surface area contributed by atoms with Crippen molar-refractivity contribution in [2.75, 3.05) is 7.05 Å². The van der Waals surface area contributed by atoms with Crippen LogP contribution in [0, 0.1) is 0 Å². The monoisotopic (exact) mass is 271 g/mol. The van der Waals surface area contributed by atoms with Crippen LogP contribution < -0.4 is 5.32 Å². The fraction of sp³-hybridized carbons (Fsp3) is 0.364. The Bertz CT molecular complexity index is 563. The quantitative estimate of drug-likeness (QED) is 0.927. The van der Waals surface area contributed by atoms with Crippen molar-refractivity contribution in [3.63, 3.8) is 0 Å². The molecular formula is C11H12F3N5. The fourth-order valence-electron chi connectivity index (χ4n) is 1.66. The number of halogens is 3. The third kappa shape index (κ3) is 2.58. The molecule has 0 spiro atoms. The minimum atomic E-state index is -4.46. The number of nitrogens with zero attached hydrogens (tertiary/aromatic N) is 4. The zero-order valence-electron chi connectivity index (χ0n) is 10.3. The van der Waals surface area contributed by atoms with Gasteiger partial charge in [0.2, 0.25) is 0 Å². The molecule has 1 unspecified atom stereocenters. The van der Waals surface area contributed by atoms with Gasteiger partial charge in [-0.2, -0.15) is 17.9 Å². The van der Waals surface area contributed by atoms with E-state index in [2.05, 4.69) is 20.8 Å². The Labute approximate surface area is 107 Å². The lowest BCUT2D eigenvalue weighted by atomic mass is 10.1. The van der Waals surface area contributed by atoms with Gasteiger partial charge in [-0.15, -0.1) is 5.10 Å². The maximum Gasteiger partial charge on any atom is 0.418 e. The van der Waals surface area contributed by atoms with Crippen LogP contribution in [0.1, 0.15) is 24.4 Å². The molecule has 2 rings (SSSR count). The molecule has 5 nitrogen and oxygen atoms in total. The van der Waals surface area contributed by atoms with Gasteiger partial charge in [0.15, 0.2) is 5.82 Å². The fourth-order valence-corrected chi connectivity index (χ4v) is 1.66. The molecule has 0 saturated heterocycles. The van der Waals surface area contributed by atoms with Crippen LogP contribution in [0.25, 0.3) is 5.69 Å². The number of benzene rings is 1. The van der Waals surface area contributed by atoms with Gasteiger partial charge in [0, 0.05) is 0 Å². The van der Waals surface area contributed by atoms with Gasteiger partial charge in [0.1, 0.15) is 0 Å². The largest absolute Gasteiger partial charge is 0.418 e. The first-order valence-corrected chi connectivity index (χ1v) is 5.57. The average Bonchev–Trinajstić information content (AvgIpc) is 2.86. The summed E-state index contributed by atoms with van der Waals surface area (Å²) in [5.41, 5.74) is -0.857.